The summed E-state index contributed by atoms with van der Waals surface area (Å²) in [7, 11) is 0. The highest BCUT2D eigenvalue weighted by Gasteiger charge is 2.41. The zero-order valence-corrected chi connectivity index (χ0v) is 20.4. The molecule has 0 saturated heterocycles. The molecule has 1 aliphatic carbocycles. The van der Waals surface area contributed by atoms with Crippen molar-refractivity contribution in [2.45, 2.75) is 37.7 Å². The molecule has 3 aromatic carbocycles. The molecule has 4 aromatic rings. The molecule has 0 aliphatic heterocycles. The SMILES string of the molecule is Fc1cc(C2CCCC2)ccc1-c1cnc(-c2cc(F)c(C(F)(F)Oc3cc(F)c(F)c(F)c3)c(F)c2)c(F)c1. The largest absolute Gasteiger partial charge is 0.432 e. The Morgan fingerprint density at radius 3 is 1.85 bits per heavy atom. The minimum atomic E-state index is -4.80. The van der Waals surface area contributed by atoms with Crippen LogP contribution in [-0.4, -0.2) is 4.98 Å². The first-order chi connectivity index (χ1) is 18.9. The van der Waals surface area contributed by atoms with Gasteiger partial charge in [0, 0.05) is 35.0 Å². The predicted octanol–water partition coefficient (Wildman–Crippen LogP) is 9.18. The third kappa shape index (κ3) is 5.24. The number of halogens is 9. The topological polar surface area (TPSA) is 22.1 Å². The quantitative estimate of drug-likeness (QED) is 0.171. The van der Waals surface area contributed by atoms with Crippen LogP contribution < -0.4 is 4.74 Å². The molecule has 208 valence electrons. The van der Waals surface area contributed by atoms with E-state index in [9.17, 15) is 39.5 Å². The number of nitrogens with zero attached hydrogens (tertiary/aromatic N) is 1. The van der Waals surface area contributed by atoms with Gasteiger partial charge in [0.2, 0.25) is 0 Å². The van der Waals surface area contributed by atoms with Crippen molar-refractivity contribution in [2.24, 2.45) is 0 Å². The zero-order valence-electron chi connectivity index (χ0n) is 20.4. The first-order valence-corrected chi connectivity index (χ1v) is 12.1. The van der Waals surface area contributed by atoms with E-state index in [0.717, 1.165) is 43.5 Å². The molecule has 0 amide bonds. The van der Waals surface area contributed by atoms with Gasteiger partial charge in [-0.15, -0.1) is 0 Å². The summed E-state index contributed by atoms with van der Waals surface area (Å²) >= 11 is 0. The van der Waals surface area contributed by atoms with Gasteiger partial charge in [-0.2, -0.15) is 8.78 Å². The molecule has 1 aromatic heterocycles. The molecule has 1 aliphatic rings. The van der Waals surface area contributed by atoms with E-state index >= 15 is 0 Å². The summed E-state index contributed by atoms with van der Waals surface area (Å²) < 4.78 is 132. The highest BCUT2D eigenvalue weighted by atomic mass is 19.3. The van der Waals surface area contributed by atoms with Crippen LogP contribution in [0.1, 0.15) is 42.7 Å². The first kappa shape index (κ1) is 27.5. The number of ether oxygens (including phenoxy) is 1. The lowest BCUT2D eigenvalue weighted by Gasteiger charge is -2.20. The van der Waals surface area contributed by atoms with Gasteiger partial charge in [0.15, 0.2) is 17.5 Å². The molecule has 1 fully saturated rings. The average Bonchev–Trinajstić information content (AvgIpc) is 3.41. The lowest BCUT2D eigenvalue weighted by molar-refractivity contribution is -0.189. The second-order valence-corrected chi connectivity index (χ2v) is 9.41. The molecular formula is C29H18F9NO. The second-order valence-electron chi connectivity index (χ2n) is 9.41. The van der Waals surface area contributed by atoms with Crippen molar-refractivity contribution in [2.75, 3.05) is 0 Å². The monoisotopic (exact) mass is 567 g/mol. The molecular weight excluding hydrogens is 549 g/mol. The van der Waals surface area contributed by atoms with Crippen molar-refractivity contribution in [1.82, 2.24) is 4.98 Å². The fourth-order valence-electron chi connectivity index (χ4n) is 4.85. The average molecular weight is 567 g/mol. The Balaban J connectivity index is 1.43. The number of aromatic nitrogens is 1. The highest BCUT2D eigenvalue weighted by Crippen LogP contribution is 2.39. The van der Waals surface area contributed by atoms with Crippen LogP contribution in [0.25, 0.3) is 22.4 Å². The zero-order chi connectivity index (χ0) is 28.8. The maximum atomic E-state index is 15.0. The number of hydrogen-bond acceptors (Lipinski definition) is 2. The molecule has 1 heterocycles. The highest BCUT2D eigenvalue weighted by molar-refractivity contribution is 5.68. The molecule has 0 spiro atoms. The van der Waals surface area contributed by atoms with E-state index < -0.39 is 69.4 Å². The number of rotatable bonds is 6. The van der Waals surface area contributed by atoms with Gasteiger partial charge in [0.1, 0.15) is 40.3 Å². The van der Waals surface area contributed by atoms with Crippen LogP contribution in [0.15, 0.2) is 54.7 Å². The Labute approximate surface area is 222 Å². The van der Waals surface area contributed by atoms with Crippen LogP contribution in [0.4, 0.5) is 39.5 Å². The van der Waals surface area contributed by atoms with Crippen molar-refractivity contribution in [1.29, 1.82) is 0 Å². The Bertz CT molecular complexity index is 1550. The van der Waals surface area contributed by atoms with E-state index in [2.05, 4.69) is 9.72 Å². The molecule has 0 unspecified atom stereocenters. The third-order valence-corrected chi connectivity index (χ3v) is 6.78. The molecule has 40 heavy (non-hydrogen) atoms. The van der Waals surface area contributed by atoms with Crippen molar-refractivity contribution in [3.8, 4) is 28.1 Å². The van der Waals surface area contributed by atoms with Crippen molar-refractivity contribution >= 4 is 0 Å². The molecule has 11 heteroatoms. The smallest absolute Gasteiger partial charge is 0.429 e. The van der Waals surface area contributed by atoms with Crippen LogP contribution in [-0.2, 0) is 6.11 Å². The second kappa shape index (κ2) is 10.5. The minimum absolute atomic E-state index is 0.0491. The van der Waals surface area contributed by atoms with Gasteiger partial charge in [0.25, 0.3) is 0 Å². The third-order valence-electron chi connectivity index (χ3n) is 6.78. The van der Waals surface area contributed by atoms with Crippen LogP contribution >= 0.6 is 0 Å². The standard InChI is InChI=1S/C29H18F9NO/c30-20-7-15(14-3-1-2-4-14)5-6-19(20)17-10-25(35)28(39-13-17)16-8-21(31)26(22(32)9-16)29(37,38)40-18-11-23(33)27(36)24(34)12-18/h5-14H,1-4H2. The van der Waals surface area contributed by atoms with E-state index in [4.69, 9.17) is 0 Å². The summed E-state index contributed by atoms with van der Waals surface area (Å²) in [6.07, 6.45) is 0.303. The van der Waals surface area contributed by atoms with Gasteiger partial charge in [-0.3, -0.25) is 4.98 Å². The van der Waals surface area contributed by atoms with Crippen LogP contribution in [0.3, 0.4) is 0 Å². The number of hydrogen-bond donors (Lipinski definition) is 0. The summed E-state index contributed by atoms with van der Waals surface area (Å²) in [4.78, 5) is 3.82. The molecule has 0 N–H and O–H groups in total. The molecule has 0 atom stereocenters. The van der Waals surface area contributed by atoms with E-state index in [-0.39, 0.29) is 29.2 Å². The molecule has 0 bridgehead atoms. The van der Waals surface area contributed by atoms with Gasteiger partial charge < -0.3 is 4.74 Å². The Kier molecular flexibility index (Phi) is 7.24. The van der Waals surface area contributed by atoms with E-state index in [0.29, 0.717) is 12.1 Å². The molecule has 1 saturated carbocycles. The maximum absolute atomic E-state index is 15.0. The molecule has 2 nitrogen and oxygen atoms in total. The molecule has 5 rings (SSSR count). The fraction of sp³-hybridized carbons (Fsp3) is 0.207. The van der Waals surface area contributed by atoms with Crippen molar-refractivity contribution in [3.63, 3.8) is 0 Å². The summed E-state index contributed by atoms with van der Waals surface area (Å²) in [6, 6.07) is 6.40. The Morgan fingerprint density at radius 1 is 0.675 bits per heavy atom. The minimum Gasteiger partial charge on any atom is -0.429 e. The summed E-state index contributed by atoms with van der Waals surface area (Å²) in [6.45, 7) is 0. The predicted molar refractivity (Wildman–Crippen MR) is 127 cm³/mol. The summed E-state index contributed by atoms with van der Waals surface area (Å²) in [5.74, 6) is -12.1. The van der Waals surface area contributed by atoms with E-state index in [1.165, 1.54) is 12.1 Å². The fourth-order valence-corrected chi connectivity index (χ4v) is 4.85. The Morgan fingerprint density at radius 2 is 1.27 bits per heavy atom. The van der Waals surface area contributed by atoms with Crippen molar-refractivity contribution < 1.29 is 44.3 Å². The van der Waals surface area contributed by atoms with Gasteiger partial charge in [-0.05, 0) is 48.6 Å². The number of alkyl halides is 2. The number of benzene rings is 3. The maximum Gasteiger partial charge on any atom is 0.432 e. The van der Waals surface area contributed by atoms with E-state index in [1.807, 2.05) is 0 Å². The van der Waals surface area contributed by atoms with Crippen molar-refractivity contribution in [3.05, 3.63) is 107 Å². The summed E-state index contributed by atoms with van der Waals surface area (Å²) in [5, 5.41) is 0. The lowest BCUT2D eigenvalue weighted by atomic mass is 9.95. The van der Waals surface area contributed by atoms with Crippen LogP contribution in [0, 0.1) is 40.7 Å². The van der Waals surface area contributed by atoms with E-state index in [1.54, 1.807) is 6.07 Å². The first-order valence-electron chi connectivity index (χ1n) is 12.1. The Hall–Kier alpha value is -4.02. The number of pyridine rings is 1. The molecule has 0 radical (unpaired) electrons. The van der Waals surface area contributed by atoms with Gasteiger partial charge in [-0.1, -0.05) is 25.0 Å². The normalized spacial score (nSPS) is 14.1. The lowest BCUT2D eigenvalue weighted by Crippen LogP contribution is -2.25. The summed E-state index contributed by atoms with van der Waals surface area (Å²) in [5.41, 5.74) is -2.17. The van der Waals surface area contributed by atoms with Crippen LogP contribution in [0.2, 0.25) is 0 Å². The van der Waals surface area contributed by atoms with Gasteiger partial charge >= 0.3 is 6.11 Å². The van der Waals surface area contributed by atoms with Gasteiger partial charge in [0.05, 0.1) is 0 Å². The van der Waals surface area contributed by atoms with Crippen LogP contribution in [0.5, 0.6) is 5.75 Å². The van der Waals surface area contributed by atoms with Gasteiger partial charge in [-0.25, -0.2) is 30.7 Å².